The fourth-order valence-electron chi connectivity index (χ4n) is 2.25. The predicted molar refractivity (Wildman–Crippen MR) is 84.2 cm³/mol. The van der Waals surface area contributed by atoms with Gasteiger partial charge in [0.05, 0.1) is 16.7 Å². The van der Waals surface area contributed by atoms with Crippen molar-refractivity contribution in [2.75, 3.05) is 5.32 Å². The maximum absolute atomic E-state index is 4.62. The van der Waals surface area contributed by atoms with Gasteiger partial charge < -0.3 is 5.32 Å². The molecule has 1 atom stereocenters. The maximum Gasteiger partial charge on any atom is 0.0901 e. The van der Waals surface area contributed by atoms with Gasteiger partial charge in [0.15, 0.2) is 0 Å². The van der Waals surface area contributed by atoms with Gasteiger partial charge in [0.25, 0.3) is 0 Å². The first-order valence-electron chi connectivity index (χ1n) is 6.77. The van der Waals surface area contributed by atoms with Crippen molar-refractivity contribution in [2.24, 2.45) is 0 Å². The van der Waals surface area contributed by atoms with Crippen LogP contribution >= 0.6 is 11.3 Å². The Morgan fingerprint density at radius 3 is 2.47 bits per heavy atom. The third-order valence-corrected chi connectivity index (χ3v) is 4.19. The smallest absolute Gasteiger partial charge is 0.0901 e. The minimum atomic E-state index is 0.243. The summed E-state index contributed by atoms with van der Waals surface area (Å²) in [5.74, 6) is 0.556. The van der Waals surface area contributed by atoms with Gasteiger partial charge in [-0.25, -0.2) is 4.98 Å². The third kappa shape index (κ3) is 3.35. The second kappa shape index (κ2) is 5.74. The molecule has 0 saturated carbocycles. The molecule has 1 heterocycles. The molecule has 1 aromatic carbocycles. The fourth-order valence-corrected chi connectivity index (χ4v) is 3.17. The molecule has 0 radical (unpaired) electrons. The van der Waals surface area contributed by atoms with E-state index in [4.69, 9.17) is 0 Å². The van der Waals surface area contributed by atoms with Crippen LogP contribution in [0.5, 0.6) is 0 Å². The topological polar surface area (TPSA) is 24.9 Å². The zero-order valence-electron chi connectivity index (χ0n) is 12.3. The normalized spacial score (nSPS) is 12.7. The SMILES string of the molecule is Cc1nc(C(C)Nc2cccc(C(C)C)c2)c(C)s1. The molecule has 2 rings (SSSR count). The number of anilines is 1. The Morgan fingerprint density at radius 2 is 1.89 bits per heavy atom. The van der Waals surface area contributed by atoms with E-state index in [9.17, 15) is 0 Å². The van der Waals surface area contributed by atoms with E-state index in [2.05, 4.69) is 69.2 Å². The quantitative estimate of drug-likeness (QED) is 0.843. The van der Waals surface area contributed by atoms with Gasteiger partial charge in [0.2, 0.25) is 0 Å². The molecule has 0 amide bonds. The lowest BCUT2D eigenvalue weighted by Crippen LogP contribution is -2.08. The highest BCUT2D eigenvalue weighted by atomic mass is 32.1. The van der Waals surface area contributed by atoms with E-state index in [1.165, 1.54) is 16.1 Å². The van der Waals surface area contributed by atoms with E-state index < -0.39 is 0 Å². The molecule has 0 spiro atoms. The number of thiazole rings is 1. The molecule has 0 fully saturated rings. The zero-order chi connectivity index (χ0) is 14.0. The number of hydrogen-bond donors (Lipinski definition) is 1. The summed E-state index contributed by atoms with van der Waals surface area (Å²) in [4.78, 5) is 5.92. The number of nitrogens with one attached hydrogen (secondary N) is 1. The van der Waals surface area contributed by atoms with Crippen molar-refractivity contribution in [3.05, 3.63) is 45.4 Å². The highest BCUT2D eigenvalue weighted by Gasteiger charge is 2.13. The van der Waals surface area contributed by atoms with E-state index in [0.717, 1.165) is 10.7 Å². The van der Waals surface area contributed by atoms with Gasteiger partial charge in [-0.15, -0.1) is 11.3 Å². The number of hydrogen-bond acceptors (Lipinski definition) is 3. The standard InChI is InChI=1S/C16H22N2S/c1-10(2)14-7-6-8-15(9-14)17-11(3)16-12(4)19-13(5)18-16/h6-11,17H,1-5H3. The minimum absolute atomic E-state index is 0.243. The predicted octanol–water partition coefficient (Wildman–Crippen LogP) is 5.06. The van der Waals surface area contributed by atoms with Crippen LogP contribution in [0, 0.1) is 13.8 Å². The summed E-state index contributed by atoms with van der Waals surface area (Å²) in [7, 11) is 0. The number of benzene rings is 1. The van der Waals surface area contributed by atoms with Gasteiger partial charge in [0, 0.05) is 10.6 Å². The largest absolute Gasteiger partial charge is 0.377 e. The van der Waals surface area contributed by atoms with Gasteiger partial charge in [-0.05, 0) is 44.4 Å². The highest BCUT2D eigenvalue weighted by molar-refractivity contribution is 7.11. The van der Waals surface area contributed by atoms with Gasteiger partial charge >= 0.3 is 0 Å². The van der Waals surface area contributed by atoms with Crippen LogP contribution in [0.1, 0.15) is 53.9 Å². The van der Waals surface area contributed by atoms with Crippen molar-refractivity contribution < 1.29 is 0 Å². The molecule has 0 bridgehead atoms. The van der Waals surface area contributed by atoms with Crippen molar-refractivity contribution in [1.29, 1.82) is 0 Å². The van der Waals surface area contributed by atoms with E-state index in [1.54, 1.807) is 11.3 Å². The monoisotopic (exact) mass is 274 g/mol. The summed E-state index contributed by atoms with van der Waals surface area (Å²) in [6.45, 7) is 10.8. The number of nitrogens with zero attached hydrogens (tertiary/aromatic N) is 1. The van der Waals surface area contributed by atoms with Crippen LogP contribution in [-0.4, -0.2) is 4.98 Å². The van der Waals surface area contributed by atoms with Crippen LogP contribution in [0.2, 0.25) is 0 Å². The summed E-state index contributed by atoms with van der Waals surface area (Å²) < 4.78 is 0. The van der Waals surface area contributed by atoms with Crippen molar-refractivity contribution >= 4 is 17.0 Å². The zero-order valence-corrected chi connectivity index (χ0v) is 13.1. The fraction of sp³-hybridized carbons (Fsp3) is 0.438. The Bertz CT molecular complexity index is 558. The molecule has 0 aliphatic heterocycles. The van der Waals surface area contributed by atoms with Crippen LogP contribution in [-0.2, 0) is 0 Å². The molecule has 1 aromatic heterocycles. The molecule has 1 N–H and O–H groups in total. The Hall–Kier alpha value is -1.35. The summed E-state index contributed by atoms with van der Waals surface area (Å²) in [5.41, 5.74) is 3.70. The van der Waals surface area contributed by atoms with E-state index in [1.807, 2.05) is 0 Å². The van der Waals surface area contributed by atoms with Crippen LogP contribution < -0.4 is 5.32 Å². The Balaban J connectivity index is 2.17. The van der Waals surface area contributed by atoms with Gasteiger partial charge in [0.1, 0.15) is 0 Å². The van der Waals surface area contributed by atoms with E-state index in [0.29, 0.717) is 5.92 Å². The Morgan fingerprint density at radius 1 is 1.16 bits per heavy atom. The van der Waals surface area contributed by atoms with Gasteiger partial charge in [-0.3, -0.25) is 0 Å². The number of aromatic nitrogens is 1. The number of aryl methyl sites for hydroxylation is 2. The van der Waals surface area contributed by atoms with Gasteiger partial charge in [-0.1, -0.05) is 26.0 Å². The van der Waals surface area contributed by atoms with Crippen LogP contribution in [0.25, 0.3) is 0 Å². The minimum Gasteiger partial charge on any atom is -0.377 e. The Labute approximate surface area is 119 Å². The van der Waals surface area contributed by atoms with Crippen LogP contribution in [0.15, 0.2) is 24.3 Å². The van der Waals surface area contributed by atoms with Crippen LogP contribution in [0.3, 0.4) is 0 Å². The lowest BCUT2D eigenvalue weighted by Gasteiger charge is -2.16. The lowest BCUT2D eigenvalue weighted by molar-refractivity contribution is 0.832. The van der Waals surface area contributed by atoms with Crippen molar-refractivity contribution in [2.45, 2.75) is 46.6 Å². The molecule has 3 heteroatoms. The number of rotatable bonds is 4. The van der Waals surface area contributed by atoms with Crippen LogP contribution in [0.4, 0.5) is 5.69 Å². The van der Waals surface area contributed by atoms with Crippen molar-refractivity contribution in [3.63, 3.8) is 0 Å². The maximum atomic E-state index is 4.62. The summed E-state index contributed by atoms with van der Waals surface area (Å²) in [6.07, 6.45) is 0. The first-order valence-corrected chi connectivity index (χ1v) is 7.59. The van der Waals surface area contributed by atoms with Crippen molar-refractivity contribution in [3.8, 4) is 0 Å². The first kappa shape index (κ1) is 14.1. The third-order valence-electron chi connectivity index (χ3n) is 3.29. The summed E-state index contributed by atoms with van der Waals surface area (Å²) in [5, 5.41) is 4.69. The molecule has 2 nitrogen and oxygen atoms in total. The average Bonchev–Trinajstić information content (AvgIpc) is 2.69. The lowest BCUT2D eigenvalue weighted by atomic mass is 10.0. The first-order chi connectivity index (χ1) is 8.97. The second-order valence-corrected chi connectivity index (χ2v) is 6.73. The molecule has 0 aliphatic rings. The van der Waals surface area contributed by atoms with E-state index >= 15 is 0 Å². The summed E-state index contributed by atoms with van der Waals surface area (Å²) in [6, 6.07) is 8.89. The average molecular weight is 274 g/mol. The van der Waals surface area contributed by atoms with E-state index in [-0.39, 0.29) is 6.04 Å². The molecular weight excluding hydrogens is 252 g/mol. The molecule has 1 unspecified atom stereocenters. The molecule has 0 saturated heterocycles. The molecule has 0 aliphatic carbocycles. The molecule has 2 aromatic rings. The second-order valence-electron chi connectivity index (χ2n) is 5.32. The molecular formula is C16H22N2S. The highest BCUT2D eigenvalue weighted by Crippen LogP contribution is 2.26. The Kier molecular flexibility index (Phi) is 4.25. The summed E-state index contributed by atoms with van der Waals surface area (Å²) >= 11 is 1.77. The molecule has 102 valence electrons. The van der Waals surface area contributed by atoms with Crippen molar-refractivity contribution in [1.82, 2.24) is 4.98 Å². The molecule has 19 heavy (non-hydrogen) atoms. The van der Waals surface area contributed by atoms with Gasteiger partial charge in [-0.2, -0.15) is 0 Å².